The summed E-state index contributed by atoms with van der Waals surface area (Å²) in [5.41, 5.74) is 7.75. The van der Waals surface area contributed by atoms with Crippen LogP contribution in [0, 0.1) is 6.92 Å². The lowest BCUT2D eigenvalue weighted by atomic mass is 10.2. The number of hydrogen-bond acceptors (Lipinski definition) is 5. The number of rotatable bonds is 3. The Morgan fingerprint density at radius 1 is 1.38 bits per heavy atom. The number of benzene rings is 1. The molecule has 0 radical (unpaired) electrons. The summed E-state index contributed by atoms with van der Waals surface area (Å²) in [7, 11) is 1.72. The van der Waals surface area contributed by atoms with Crippen molar-refractivity contribution in [3.8, 4) is 17.1 Å². The van der Waals surface area contributed by atoms with E-state index in [2.05, 4.69) is 10.1 Å². The molecule has 0 aliphatic carbocycles. The van der Waals surface area contributed by atoms with E-state index in [1.54, 1.807) is 22.4 Å². The molecule has 21 heavy (non-hydrogen) atoms. The molecule has 108 valence electrons. The number of nitrogens with two attached hydrogens (primary N) is 1. The number of aromatic nitrogens is 4. The third-order valence-electron chi connectivity index (χ3n) is 3.23. The monoisotopic (exact) mass is 285 g/mol. The molecule has 7 nitrogen and oxygen atoms in total. The highest BCUT2D eigenvalue weighted by Crippen LogP contribution is 2.19. The zero-order chi connectivity index (χ0) is 15.0. The van der Waals surface area contributed by atoms with Crippen LogP contribution in [-0.4, -0.2) is 19.3 Å². The number of hydrogen-bond donors (Lipinski definition) is 1. The maximum atomic E-state index is 12.1. The largest absolute Gasteiger partial charge is 0.338 e. The molecule has 0 saturated carbocycles. The van der Waals surface area contributed by atoms with Gasteiger partial charge in [0.25, 0.3) is 0 Å². The second-order valence-electron chi connectivity index (χ2n) is 4.77. The van der Waals surface area contributed by atoms with Gasteiger partial charge in [0.2, 0.25) is 11.7 Å². The first-order chi connectivity index (χ1) is 10.1. The Balaban J connectivity index is 2.10. The Bertz CT molecular complexity index is 843. The average Bonchev–Trinajstić information content (AvgIpc) is 3.05. The minimum absolute atomic E-state index is 0.0968. The second-order valence-corrected chi connectivity index (χ2v) is 4.77. The Hall–Kier alpha value is -2.67. The molecule has 0 saturated heterocycles. The van der Waals surface area contributed by atoms with Crippen molar-refractivity contribution in [3.05, 3.63) is 52.5 Å². The molecule has 3 rings (SSSR count). The van der Waals surface area contributed by atoms with Crippen LogP contribution in [0.1, 0.15) is 11.6 Å². The fraction of sp³-hybridized carbons (Fsp3) is 0.214. The number of aryl methyl sites for hydroxylation is 2. The van der Waals surface area contributed by atoms with E-state index in [-0.39, 0.29) is 12.2 Å². The average molecular weight is 285 g/mol. The van der Waals surface area contributed by atoms with Gasteiger partial charge in [-0.2, -0.15) is 4.98 Å². The maximum Gasteiger partial charge on any atom is 0.332 e. The predicted molar refractivity (Wildman–Crippen MR) is 76.9 cm³/mol. The van der Waals surface area contributed by atoms with Crippen LogP contribution in [0.25, 0.3) is 17.1 Å². The topological polar surface area (TPSA) is 91.9 Å². The van der Waals surface area contributed by atoms with Crippen LogP contribution >= 0.6 is 0 Å². The van der Waals surface area contributed by atoms with Gasteiger partial charge in [-0.1, -0.05) is 17.3 Å². The molecule has 0 unspecified atom stereocenters. The molecule has 0 amide bonds. The minimum atomic E-state index is -0.0968. The molecule has 2 aromatic heterocycles. The third kappa shape index (κ3) is 2.27. The van der Waals surface area contributed by atoms with E-state index in [0.29, 0.717) is 11.7 Å². The zero-order valence-electron chi connectivity index (χ0n) is 11.8. The van der Waals surface area contributed by atoms with Crippen molar-refractivity contribution in [1.82, 2.24) is 19.3 Å². The number of imidazole rings is 1. The van der Waals surface area contributed by atoms with Gasteiger partial charge < -0.3 is 14.8 Å². The lowest BCUT2D eigenvalue weighted by Gasteiger charge is -2.05. The first-order valence-corrected chi connectivity index (χ1v) is 6.48. The molecule has 0 aliphatic rings. The van der Waals surface area contributed by atoms with Gasteiger partial charge in [0.05, 0.1) is 12.2 Å². The SMILES string of the molecule is Cc1cn(C)c(=O)n1-c1cccc(-c2noc(CN)n2)c1. The third-order valence-corrected chi connectivity index (χ3v) is 3.23. The van der Waals surface area contributed by atoms with Gasteiger partial charge >= 0.3 is 5.69 Å². The van der Waals surface area contributed by atoms with Crippen molar-refractivity contribution in [2.24, 2.45) is 12.8 Å². The first-order valence-electron chi connectivity index (χ1n) is 6.48. The van der Waals surface area contributed by atoms with Gasteiger partial charge in [0, 0.05) is 24.5 Å². The van der Waals surface area contributed by atoms with Crippen molar-refractivity contribution < 1.29 is 4.52 Å². The second kappa shape index (κ2) is 5.02. The molecular weight excluding hydrogens is 270 g/mol. The van der Waals surface area contributed by atoms with E-state index in [9.17, 15) is 4.79 Å². The lowest BCUT2D eigenvalue weighted by molar-refractivity contribution is 0.380. The van der Waals surface area contributed by atoms with Crippen LogP contribution in [0.2, 0.25) is 0 Å². The normalized spacial score (nSPS) is 11.0. The van der Waals surface area contributed by atoms with Crippen molar-refractivity contribution in [2.75, 3.05) is 0 Å². The molecule has 0 bridgehead atoms. The molecule has 0 fully saturated rings. The first kappa shape index (κ1) is 13.3. The summed E-state index contributed by atoms with van der Waals surface area (Å²) < 4.78 is 8.18. The van der Waals surface area contributed by atoms with Crippen molar-refractivity contribution in [2.45, 2.75) is 13.5 Å². The Kier molecular flexibility index (Phi) is 3.19. The smallest absolute Gasteiger partial charge is 0.332 e. The van der Waals surface area contributed by atoms with Gasteiger partial charge in [-0.15, -0.1) is 0 Å². The van der Waals surface area contributed by atoms with Crippen molar-refractivity contribution in [1.29, 1.82) is 0 Å². The molecular formula is C14H15N5O2. The van der Waals surface area contributed by atoms with Gasteiger partial charge in [-0.05, 0) is 19.1 Å². The van der Waals surface area contributed by atoms with E-state index in [1.807, 2.05) is 31.2 Å². The van der Waals surface area contributed by atoms with Gasteiger partial charge in [-0.25, -0.2) is 4.79 Å². The van der Waals surface area contributed by atoms with E-state index in [4.69, 9.17) is 10.3 Å². The van der Waals surface area contributed by atoms with Crippen LogP contribution in [0.3, 0.4) is 0 Å². The highest BCUT2D eigenvalue weighted by molar-refractivity contribution is 5.58. The molecule has 0 spiro atoms. The predicted octanol–water partition coefficient (Wildman–Crippen LogP) is 0.993. The summed E-state index contributed by atoms with van der Waals surface area (Å²) in [6.07, 6.45) is 1.79. The van der Waals surface area contributed by atoms with Crippen LogP contribution in [0.15, 0.2) is 39.8 Å². The van der Waals surface area contributed by atoms with E-state index >= 15 is 0 Å². The maximum absolute atomic E-state index is 12.1. The van der Waals surface area contributed by atoms with Gasteiger partial charge in [0.15, 0.2) is 0 Å². The Labute approximate surface area is 120 Å². The summed E-state index contributed by atoms with van der Waals surface area (Å²) >= 11 is 0. The highest BCUT2D eigenvalue weighted by Gasteiger charge is 2.11. The summed E-state index contributed by atoms with van der Waals surface area (Å²) in [4.78, 5) is 16.3. The Morgan fingerprint density at radius 3 is 2.81 bits per heavy atom. The quantitative estimate of drug-likeness (QED) is 0.775. The van der Waals surface area contributed by atoms with Crippen molar-refractivity contribution in [3.63, 3.8) is 0 Å². The molecule has 3 aromatic rings. The fourth-order valence-corrected chi connectivity index (χ4v) is 2.25. The summed E-state index contributed by atoms with van der Waals surface area (Å²) in [5, 5.41) is 3.88. The van der Waals surface area contributed by atoms with Crippen LogP contribution < -0.4 is 11.4 Å². The minimum Gasteiger partial charge on any atom is -0.338 e. The molecule has 0 aliphatic heterocycles. The molecule has 2 heterocycles. The lowest BCUT2D eigenvalue weighted by Crippen LogP contribution is -2.21. The highest BCUT2D eigenvalue weighted by atomic mass is 16.5. The standard InChI is InChI=1S/C14H15N5O2/c1-9-8-18(2)14(20)19(9)11-5-3-4-10(6-11)13-16-12(7-15)21-17-13/h3-6,8H,7,15H2,1-2H3. The van der Waals surface area contributed by atoms with Gasteiger partial charge in [-0.3, -0.25) is 4.57 Å². The fourth-order valence-electron chi connectivity index (χ4n) is 2.25. The molecule has 1 aromatic carbocycles. The van der Waals surface area contributed by atoms with Crippen LogP contribution in [-0.2, 0) is 13.6 Å². The summed E-state index contributed by atoms with van der Waals surface area (Å²) in [6, 6.07) is 7.42. The molecule has 7 heteroatoms. The number of nitrogens with zero attached hydrogens (tertiary/aromatic N) is 4. The van der Waals surface area contributed by atoms with Gasteiger partial charge in [0.1, 0.15) is 0 Å². The van der Waals surface area contributed by atoms with Crippen molar-refractivity contribution >= 4 is 0 Å². The Morgan fingerprint density at radius 2 is 2.19 bits per heavy atom. The molecule has 0 atom stereocenters. The van der Waals surface area contributed by atoms with E-state index in [0.717, 1.165) is 16.9 Å². The summed E-state index contributed by atoms with van der Waals surface area (Å²) in [6.45, 7) is 2.08. The molecule has 2 N–H and O–H groups in total. The van der Waals surface area contributed by atoms with Crippen LogP contribution in [0.5, 0.6) is 0 Å². The van der Waals surface area contributed by atoms with E-state index < -0.39 is 0 Å². The van der Waals surface area contributed by atoms with Crippen LogP contribution in [0.4, 0.5) is 0 Å². The zero-order valence-corrected chi connectivity index (χ0v) is 11.8. The van der Waals surface area contributed by atoms with E-state index in [1.165, 1.54) is 0 Å². The summed E-state index contributed by atoms with van der Waals surface area (Å²) in [5.74, 6) is 0.836.